The van der Waals surface area contributed by atoms with Crippen molar-refractivity contribution in [3.8, 4) is 11.3 Å². The molecule has 0 saturated heterocycles. The van der Waals surface area contributed by atoms with E-state index in [0.717, 1.165) is 5.56 Å². The standard InChI is InChI=1S/C12H11NO2S/c1-16(14,15)11-7-8-13-12(9-11)10-5-3-2-4-6-10/h2-9H,1H3. The summed E-state index contributed by atoms with van der Waals surface area (Å²) in [6.07, 6.45) is 2.70. The van der Waals surface area contributed by atoms with Gasteiger partial charge in [0.25, 0.3) is 0 Å². The quantitative estimate of drug-likeness (QED) is 0.798. The van der Waals surface area contributed by atoms with Crippen molar-refractivity contribution in [2.45, 2.75) is 4.90 Å². The molecule has 16 heavy (non-hydrogen) atoms. The minimum Gasteiger partial charge on any atom is -0.256 e. The first-order chi connectivity index (χ1) is 7.57. The van der Waals surface area contributed by atoms with E-state index in [0.29, 0.717) is 10.6 Å². The number of sulfone groups is 1. The van der Waals surface area contributed by atoms with Crippen molar-refractivity contribution in [1.29, 1.82) is 0 Å². The van der Waals surface area contributed by atoms with E-state index in [1.807, 2.05) is 30.3 Å². The molecule has 0 saturated carbocycles. The average molecular weight is 233 g/mol. The molecule has 2 aromatic rings. The van der Waals surface area contributed by atoms with Crippen LogP contribution < -0.4 is 0 Å². The number of aromatic nitrogens is 1. The highest BCUT2D eigenvalue weighted by molar-refractivity contribution is 7.90. The fraction of sp³-hybridized carbons (Fsp3) is 0.0833. The number of hydrogen-bond acceptors (Lipinski definition) is 3. The van der Waals surface area contributed by atoms with E-state index in [9.17, 15) is 8.42 Å². The maximum Gasteiger partial charge on any atom is 0.175 e. The summed E-state index contributed by atoms with van der Waals surface area (Å²) in [5, 5.41) is 0. The summed E-state index contributed by atoms with van der Waals surface area (Å²) in [7, 11) is -3.17. The summed E-state index contributed by atoms with van der Waals surface area (Å²) in [6.45, 7) is 0. The predicted molar refractivity (Wildman–Crippen MR) is 62.8 cm³/mol. The zero-order valence-electron chi connectivity index (χ0n) is 8.79. The highest BCUT2D eigenvalue weighted by atomic mass is 32.2. The van der Waals surface area contributed by atoms with Crippen LogP contribution in [0.3, 0.4) is 0 Å². The first kappa shape index (κ1) is 10.8. The van der Waals surface area contributed by atoms with Crippen molar-refractivity contribution in [2.24, 2.45) is 0 Å². The van der Waals surface area contributed by atoms with Crippen LogP contribution in [0.15, 0.2) is 53.6 Å². The third-order valence-electron chi connectivity index (χ3n) is 2.23. The van der Waals surface area contributed by atoms with Crippen LogP contribution >= 0.6 is 0 Å². The second kappa shape index (κ2) is 4.06. The average Bonchev–Trinajstić information content (AvgIpc) is 2.29. The molecule has 0 bridgehead atoms. The second-order valence-corrected chi connectivity index (χ2v) is 5.53. The summed E-state index contributed by atoms with van der Waals surface area (Å²) >= 11 is 0. The van der Waals surface area contributed by atoms with E-state index in [1.54, 1.807) is 6.07 Å². The van der Waals surface area contributed by atoms with E-state index in [4.69, 9.17) is 0 Å². The lowest BCUT2D eigenvalue weighted by molar-refractivity contribution is 0.602. The van der Waals surface area contributed by atoms with E-state index in [-0.39, 0.29) is 0 Å². The molecule has 82 valence electrons. The molecule has 0 unspecified atom stereocenters. The van der Waals surface area contributed by atoms with Gasteiger partial charge in [0.15, 0.2) is 9.84 Å². The third-order valence-corrected chi connectivity index (χ3v) is 3.34. The number of hydrogen-bond donors (Lipinski definition) is 0. The summed E-state index contributed by atoms with van der Waals surface area (Å²) < 4.78 is 22.8. The molecule has 0 radical (unpaired) electrons. The van der Waals surface area contributed by atoms with Crippen LogP contribution in [0.2, 0.25) is 0 Å². The molecule has 0 N–H and O–H groups in total. The van der Waals surface area contributed by atoms with Gasteiger partial charge >= 0.3 is 0 Å². The molecule has 1 aromatic heterocycles. The van der Waals surface area contributed by atoms with Crippen LogP contribution in [0.5, 0.6) is 0 Å². The highest BCUT2D eigenvalue weighted by Gasteiger charge is 2.08. The summed E-state index contributed by atoms with van der Waals surface area (Å²) in [4.78, 5) is 4.45. The molecule has 0 aliphatic heterocycles. The molecule has 1 aromatic carbocycles. The molecule has 0 spiro atoms. The first-order valence-corrected chi connectivity index (χ1v) is 6.68. The third kappa shape index (κ3) is 2.28. The van der Waals surface area contributed by atoms with Crippen LogP contribution in [0.25, 0.3) is 11.3 Å². The van der Waals surface area contributed by atoms with Crippen molar-refractivity contribution >= 4 is 9.84 Å². The maximum absolute atomic E-state index is 11.4. The Labute approximate surface area is 94.7 Å². The van der Waals surface area contributed by atoms with E-state index in [1.165, 1.54) is 18.5 Å². The molecule has 2 rings (SSSR count). The molecule has 0 amide bonds. The molecule has 0 aliphatic carbocycles. The van der Waals surface area contributed by atoms with Gasteiger partial charge < -0.3 is 0 Å². The number of nitrogens with zero attached hydrogens (tertiary/aromatic N) is 1. The van der Waals surface area contributed by atoms with Gasteiger partial charge in [0.2, 0.25) is 0 Å². The lowest BCUT2D eigenvalue weighted by Crippen LogP contribution is -1.97. The fourth-order valence-electron chi connectivity index (χ4n) is 1.41. The molecule has 0 atom stereocenters. The van der Waals surface area contributed by atoms with Crippen LogP contribution in [-0.2, 0) is 9.84 Å². The van der Waals surface area contributed by atoms with Gasteiger partial charge in [-0.1, -0.05) is 30.3 Å². The largest absolute Gasteiger partial charge is 0.256 e. The Morgan fingerprint density at radius 1 is 1.06 bits per heavy atom. The van der Waals surface area contributed by atoms with Crippen molar-refractivity contribution in [1.82, 2.24) is 4.98 Å². The summed E-state index contributed by atoms with van der Waals surface area (Å²) in [5.41, 5.74) is 1.58. The Morgan fingerprint density at radius 3 is 2.38 bits per heavy atom. The van der Waals surface area contributed by atoms with Crippen molar-refractivity contribution in [3.63, 3.8) is 0 Å². The minimum absolute atomic E-state index is 0.293. The first-order valence-electron chi connectivity index (χ1n) is 4.79. The van der Waals surface area contributed by atoms with Gasteiger partial charge in [-0.25, -0.2) is 8.42 Å². The zero-order valence-corrected chi connectivity index (χ0v) is 9.61. The smallest absolute Gasteiger partial charge is 0.175 e. The van der Waals surface area contributed by atoms with Gasteiger partial charge in [0, 0.05) is 18.0 Å². The lowest BCUT2D eigenvalue weighted by atomic mass is 10.1. The Morgan fingerprint density at radius 2 is 1.75 bits per heavy atom. The monoisotopic (exact) mass is 233 g/mol. The van der Waals surface area contributed by atoms with Crippen molar-refractivity contribution < 1.29 is 8.42 Å². The van der Waals surface area contributed by atoms with Crippen LogP contribution in [0, 0.1) is 0 Å². The van der Waals surface area contributed by atoms with Crippen LogP contribution in [0.1, 0.15) is 0 Å². The van der Waals surface area contributed by atoms with E-state index >= 15 is 0 Å². The summed E-state index contributed by atoms with van der Waals surface area (Å²) in [5.74, 6) is 0. The van der Waals surface area contributed by atoms with Gasteiger partial charge in [-0.05, 0) is 12.1 Å². The highest BCUT2D eigenvalue weighted by Crippen LogP contribution is 2.19. The second-order valence-electron chi connectivity index (χ2n) is 3.51. The lowest BCUT2D eigenvalue weighted by Gasteiger charge is -2.02. The fourth-order valence-corrected chi connectivity index (χ4v) is 2.04. The molecule has 1 heterocycles. The van der Waals surface area contributed by atoms with Crippen molar-refractivity contribution in [3.05, 3.63) is 48.7 Å². The Balaban J connectivity index is 2.53. The molecular formula is C12H11NO2S. The summed E-state index contributed by atoms with van der Waals surface area (Å²) in [6, 6.07) is 12.6. The Kier molecular flexibility index (Phi) is 2.75. The number of rotatable bonds is 2. The molecule has 0 fully saturated rings. The van der Waals surface area contributed by atoms with Gasteiger partial charge in [0.1, 0.15) is 0 Å². The van der Waals surface area contributed by atoms with Gasteiger partial charge in [-0.3, -0.25) is 4.98 Å². The van der Waals surface area contributed by atoms with Gasteiger partial charge in [-0.15, -0.1) is 0 Å². The van der Waals surface area contributed by atoms with Crippen molar-refractivity contribution in [2.75, 3.05) is 6.26 Å². The topological polar surface area (TPSA) is 47.0 Å². The molecule has 0 aliphatic rings. The van der Waals surface area contributed by atoms with Crippen LogP contribution in [-0.4, -0.2) is 19.7 Å². The van der Waals surface area contributed by atoms with Crippen LogP contribution in [0.4, 0.5) is 0 Å². The SMILES string of the molecule is CS(=O)(=O)c1ccnc(-c2ccccc2)c1. The van der Waals surface area contributed by atoms with E-state index in [2.05, 4.69) is 4.98 Å². The minimum atomic E-state index is -3.17. The Hall–Kier alpha value is -1.68. The molecule has 3 nitrogen and oxygen atoms in total. The zero-order chi connectivity index (χ0) is 11.6. The van der Waals surface area contributed by atoms with Gasteiger partial charge in [-0.2, -0.15) is 0 Å². The predicted octanol–water partition coefficient (Wildman–Crippen LogP) is 2.15. The normalized spacial score (nSPS) is 11.3. The molecular weight excluding hydrogens is 222 g/mol. The number of benzene rings is 1. The molecule has 4 heteroatoms. The maximum atomic E-state index is 11.4. The van der Waals surface area contributed by atoms with Gasteiger partial charge in [0.05, 0.1) is 10.6 Å². The number of pyridine rings is 1. The Bertz CT molecular complexity index is 591. The van der Waals surface area contributed by atoms with E-state index < -0.39 is 9.84 Å².